The summed E-state index contributed by atoms with van der Waals surface area (Å²) in [6.07, 6.45) is 1.60. The Morgan fingerprint density at radius 3 is 2.38 bits per heavy atom. The van der Waals surface area contributed by atoms with E-state index in [0.717, 1.165) is 50.4 Å². The van der Waals surface area contributed by atoms with E-state index in [4.69, 9.17) is 0 Å². The van der Waals surface area contributed by atoms with E-state index in [9.17, 15) is 0 Å². The maximum Gasteiger partial charge on any atom is 0.116 e. The fourth-order valence-electron chi connectivity index (χ4n) is 3.35. The van der Waals surface area contributed by atoms with E-state index in [1.165, 1.54) is 0 Å². The topological polar surface area (TPSA) is 78.3 Å². The molecule has 0 unspecified atom stereocenters. The number of azo groups is 1. The minimum atomic E-state index is 0.797. The van der Waals surface area contributed by atoms with E-state index < -0.39 is 0 Å². The molecule has 0 aliphatic heterocycles. The Bertz CT molecular complexity index is 1320. The Hall–Kier alpha value is -4.06. The fraction of sp³-hybridized carbons (Fsp3) is 0.0435. The van der Waals surface area contributed by atoms with Crippen molar-refractivity contribution < 1.29 is 0 Å². The first-order valence-electron chi connectivity index (χ1n) is 9.33. The van der Waals surface area contributed by atoms with Crippen molar-refractivity contribution in [1.29, 1.82) is 0 Å². The van der Waals surface area contributed by atoms with Gasteiger partial charge >= 0.3 is 0 Å². The molecule has 0 atom stereocenters. The molecule has 5 rings (SSSR count). The number of H-pyrrole nitrogens is 1. The number of hydrogen-bond donors (Lipinski definition) is 2. The van der Waals surface area contributed by atoms with Crippen LogP contribution in [0, 0.1) is 6.92 Å². The average Bonchev–Trinajstić information content (AvgIpc) is 3.22. The number of nitrogens with one attached hydrogen (secondary N) is 2. The van der Waals surface area contributed by atoms with Crippen LogP contribution in [0.1, 0.15) is 5.69 Å². The van der Waals surface area contributed by atoms with Gasteiger partial charge in [0.15, 0.2) is 0 Å². The standard InChI is InChI=1S/C23H18N6/c1-15-13-21(22-19(26-15)11-12-20-23(22)25-14-24-20)27-16-7-9-18(10-8-16)29-28-17-5-3-2-4-6-17/h2-14,26-27H,1H3. The van der Waals surface area contributed by atoms with Crippen LogP contribution in [0.15, 0.2) is 89.4 Å². The lowest BCUT2D eigenvalue weighted by atomic mass is 10.1. The largest absolute Gasteiger partial charge is 0.358 e. The van der Waals surface area contributed by atoms with E-state index in [1.54, 1.807) is 6.33 Å². The Morgan fingerprint density at radius 1 is 0.828 bits per heavy atom. The number of aryl methyl sites for hydroxylation is 1. The minimum absolute atomic E-state index is 0.797. The van der Waals surface area contributed by atoms with Gasteiger partial charge in [-0.2, -0.15) is 10.2 Å². The van der Waals surface area contributed by atoms with Crippen LogP contribution >= 0.6 is 0 Å². The van der Waals surface area contributed by atoms with Gasteiger partial charge in [-0.25, -0.2) is 9.97 Å². The molecule has 0 spiro atoms. The van der Waals surface area contributed by atoms with Gasteiger partial charge in [0.05, 0.1) is 22.6 Å². The van der Waals surface area contributed by atoms with Crippen LogP contribution in [0.5, 0.6) is 0 Å². The molecule has 0 saturated carbocycles. The number of fused-ring (bicyclic) bond motifs is 3. The molecule has 0 fully saturated rings. The van der Waals surface area contributed by atoms with Crippen molar-refractivity contribution in [2.45, 2.75) is 6.92 Å². The SMILES string of the molecule is Cc1cc(Nc2ccc(N=Nc3ccccc3)cc2)c2c(ccc3ncnc32)[nH]1. The summed E-state index contributed by atoms with van der Waals surface area (Å²) in [6.45, 7) is 2.04. The van der Waals surface area contributed by atoms with Crippen LogP contribution in [0.2, 0.25) is 0 Å². The second kappa shape index (κ2) is 7.16. The molecule has 29 heavy (non-hydrogen) atoms. The molecule has 0 aliphatic carbocycles. The van der Waals surface area contributed by atoms with Crippen LogP contribution in [0.25, 0.3) is 21.9 Å². The predicted octanol–water partition coefficient (Wildman–Crippen LogP) is 6.58. The molecular weight excluding hydrogens is 360 g/mol. The molecular formula is C23H18N6. The zero-order valence-electron chi connectivity index (χ0n) is 15.8. The minimum Gasteiger partial charge on any atom is -0.358 e. The van der Waals surface area contributed by atoms with Crippen LogP contribution in [-0.2, 0) is 0 Å². The van der Waals surface area contributed by atoms with Gasteiger partial charge in [0, 0.05) is 22.3 Å². The summed E-state index contributed by atoms with van der Waals surface area (Å²) < 4.78 is 0. The van der Waals surface area contributed by atoms with Gasteiger partial charge in [-0.05, 0) is 61.5 Å². The van der Waals surface area contributed by atoms with Crippen molar-refractivity contribution in [2.24, 2.45) is 10.2 Å². The smallest absolute Gasteiger partial charge is 0.116 e. The molecule has 6 heteroatoms. The zero-order valence-corrected chi connectivity index (χ0v) is 15.8. The lowest BCUT2D eigenvalue weighted by Gasteiger charge is -2.12. The van der Waals surface area contributed by atoms with Gasteiger partial charge in [0.25, 0.3) is 0 Å². The first-order chi connectivity index (χ1) is 14.3. The molecule has 6 nitrogen and oxygen atoms in total. The van der Waals surface area contributed by atoms with Crippen molar-refractivity contribution >= 4 is 44.7 Å². The van der Waals surface area contributed by atoms with E-state index in [1.807, 2.05) is 73.7 Å². The third-order valence-electron chi connectivity index (χ3n) is 4.69. The normalized spacial score (nSPS) is 11.5. The molecule has 0 aliphatic rings. The van der Waals surface area contributed by atoms with Crippen molar-refractivity contribution in [3.05, 3.63) is 84.8 Å². The predicted molar refractivity (Wildman–Crippen MR) is 116 cm³/mol. The van der Waals surface area contributed by atoms with E-state index in [0.29, 0.717) is 0 Å². The Kier molecular flexibility index (Phi) is 4.22. The zero-order chi connectivity index (χ0) is 19.6. The molecule has 140 valence electrons. The number of pyridine rings is 1. The maximum atomic E-state index is 4.45. The number of anilines is 2. The number of aromatic amines is 1. The first-order valence-corrected chi connectivity index (χ1v) is 9.33. The Labute approximate surface area is 167 Å². The summed E-state index contributed by atoms with van der Waals surface area (Å²) in [5.41, 5.74) is 7.43. The summed E-state index contributed by atoms with van der Waals surface area (Å²) in [4.78, 5) is 12.2. The van der Waals surface area contributed by atoms with Crippen molar-refractivity contribution in [3.63, 3.8) is 0 Å². The van der Waals surface area contributed by atoms with Crippen molar-refractivity contribution in [1.82, 2.24) is 15.0 Å². The number of nitrogens with zero attached hydrogens (tertiary/aromatic N) is 4. The molecule has 0 saturated heterocycles. The first kappa shape index (κ1) is 17.1. The average molecular weight is 378 g/mol. The van der Waals surface area contributed by atoms with Crippen LogP contribution < -0.4 is 5.32 Å². The lowest BCUT2D eigenvalue weighted by Crippen LogP contribution is -1.95. The highest BCUT2D eigenvalue weighted by molar-refractivity contribution is 6.10. The van der Waals surface area contributed by atoms with E-state index in [2.05, 4.69) is 36.6 Å². The number of rotatable bonds is 4. The third-order valence-corrected chi connectivity index (χ3v) is 4.69. The van der Waals surface area contributed by atoms with Crippen LogP contribution in [0.3, 0.4) is 0 Å². The molecule has 2 N–H and O–H groups in total. The number of imidazole rings is 1. The second-order valence-electron chi connectivity index (χ2n) is 6.80. The molecule has 0 radical (unpaired) electrons. The van der Waals surface area contributed by atoms with Gasteiger partial charge in [-0.15, -0.1) is 0 Å². The van der Waals surface area contributed by atoms with Gasteiger partial charge < -0.3 is 10.3 Å². The molecule has 0 bridgehead atoms. The second-order valence-corrected chi connectivity index (χ2v) is 6.80. The summed E-state index contributed by atoms with van der Waals surface area (Å²) in [5.74, 6) is 0. The summed E-state index contributed by atoms with van der Waals surface area (Å²) in [7, 11) is 0. The molecule has 3 aromatic carbocycles. The quantitative estimate of drug-likeness (QED) is 0.347. The van der Waals surface area contributed by atoms with Gasteiger partial charge in [0.2, 0.25) is 0 Å². The lowest BCUT2D eigenvalue weighted by molar-refractivity contribution is 1.23. The Morgan fingerprint density at radius 2 is 1.59 bits per heavy atom. The molecule has 0 amide bonds. The van der Waals surface area contributed by atoms with Crippen molar-refractivity contribution in [2.75, 3.05) is 5.32 Å². The van der Waals surface area contributed by atoms with Crippen LogP contribution in [0.4, 0.5) is 22.7 Å². The van der Waals surface area contributed by atoms with Crippen LogP contribution in [-0.4, -0.2) is 15.0 Å². The third kappa shape index (κ3) is 3.43. The summed E-state index contributed by atoms with van der Waals surface area (Å²) >= 11 is 0. The summed E-state index contributed by atoms with van der Waals surface area (Å²) in [6, 6.07) is 23.7. The van der Waals surface area contributed by atoms with Gasteiger partial charge in [-0.3, -0.25) is 0 Å². The maximum absolute atomic E-state index is 4.45. The highest BCUT2D eigenvalue weighted by atomic mass is 15.1. The summed E-state index contributed by atoms with van der Waals surface area (Å²) in [5, 5.41) is 13.1. The monoisotopic (exact) mass is 378 g/mol. The molecule has 2 heterocycles. The van der Waals surface area contributed by atoms with Gasteiger partial charge in [-0.1, -0.05) is 18.2 Å². The molecule has 2 aromatic heterocycles. The molecule has 5 aromatic rings. The number of hydrogen-bond acceptors (Lipinski definition) is 5. The van der Waals surface area contributed by atoms with E-state index >= 15 is 0 Å². The van der Waals surface area contributed by atoms with E-state index in [-0.39, 0.29) is 0 Å². The van der Waals surface area contributed by atoms with Crippen molar-refractivity contribution in [3.8, 4) is 0 Å². The fourth-order valence-corrected chi connectivity index (χ4v) is 3.35. The van der Waals surface area contributed by atoms with Gasteiger partial charge in [0.1, 0.15) is 11.8 Å². The number of benzene rings is 3. The highest BCUT2D eigenvalue weighted by Gasteiger charge is 2.10. The Balaban J connectivity index is 1.46. The number of aromatic nitrogens is 3. The highest BCUT2D eigenvalue weighted by Crippen LogP contribution is 2.32.